The molecule has 1 atom stereocenters. The van der Waals surface area contributed by atoms with E-state index >= 15 is 0 Å². The molecule has 0 aliphatic heterocycles. The van der Waals surface area contributed by atoms with Crippen molar-refractivity contribution in [2.45, 2.75) is 70.4 Å². The molecule has 0 aliphatic rings. The smallest absolute Gasteiger partial charge is 0.238 e. The third-order valence-corrected chi connectivity index (χ3v) is 5.62. The number of benzene rings is 1. The van der Waals surface area contributed by atoms with Gasteiger partial charge in [0.2, 0.25) is 5.91 Å². The van der Waals surface area contributed by atoms with Crippen LogP contribution < -0.4 is 5.32 Å². The van der Waals surface area contributed by atoms with Gasteiger partial charge in [-0.3, -0.25) is 4.79 Å². The lowest BCUT2D eigenvalue weighted by Crippen LogP contribution is -2.47. The first kappa shape index (κ1) is 19.7. The second-order valence-corrected chi connectivity index (χ2v) is 10.5. The molecule has 0 fully saturated rings. The standard InChI is InChI=1S/C18H29NO3S/c1-13(16(20)19-18(5,6)7)23(21,22)12-14-8-10-15(11-9-14)17(2,3)4/h8-11,13H,12H2,1-7H3,(H,19,20). The summed E-state index contributed by atoms with van der Waals surface area (Å²) in [5, 5.41) is 1.66. The van der Waals surface area contributed by atoms with Crippen LogP contribution in [0.25, 0.3) is 0 Å². The van der Waals surface area contributed by atoms with E-state index < -0.39 is 26.5 Å². The van der Waals surface area contributed by atoms with Crippen LogP contribution in [0.15, 0.2) is 24.3 Å². The van der Waals surface area contributed by atoms with Crippen LogP contribution in [0.3, 0.4) is 0 Å². The maximum atomic E-state index is 12.4. The van der Waals surface area contributed by atoms with Gasteiger partial charge < -0.3 is 5.32 Å². The Kier molecular flexibility index (Phi) is 5.68. The average Bonchev–Trinajstić information content (AvgIpc) is 2.34. The molecule has 0 saturated carbocycles. The summed E-state index contributed by atoms with van der Waals surface area (Å²) in [4.78, 5) is 12.1. The summed E-state index contributed by atoms with van der Waals surface area (Å²) in [6.45, 7) is 13.3. The van der Waals surface area contributed by atoms with E-state index in [1.165, 1.54) is 6.92 Å². The average molecular weight is 340 g/mol. The zero-order valence-corrected chi connectivity index (χ0v) is 16.0. The molecule has 0 aromatic heterocycles. The monoisotopic (exact) mass is 339 g/mol. The van der Waals surface area contributed by atoms with Crippen molar-refractivity contribution in [2.24, 2.45) is 0 Å². The van der Waals surface area contributed by atoms with Crippen LogP contribution in [0.2, 0.25) is 0 Å². The Morgan fingerprint density at radius 2 is 1.52 bits per heavy atom. The van der Waals surface area contributed by atoms with E-state index in [0.29, 0.717) is 5.56 Å². The summed E-state index contributed by atoms with van der Waals surface area (Å²) in [7, 11) is -3.55. The third-order valence-electron chi connectivity index (χ3n) is 3.59. The fraction of sp³-hybridized carbons (Fsp3) is 0.611. The van der Waals surface area contributed by atoms with E-state index in [0.717, 1.165) is 5.56 Å². The van der Waals surface area contributed by atoms with Gasteiger partial charge in [0, 0.05) is 5.54 Å². The minimum absolute atomic E-state index is 0.0251. The van der Waals surface area contributed by atoms with Gasteiger partial charge in [-0.1, -0.05) is 45.0 Å². The molecule has 0 heterocycles. The van der Waals surface area contributed by atoms with E-state index in [-0.39, 0.29) is 11.2 Å². The van der Waals surface area contributed by atoms with Crippen molar-refractivity contribution in [1.82, 2.24) is 5.32 Å². The molecule has 130 valence electrons. The Hall–Kier alpha value is -1.36. The number of carbonyl (C=O) groups excluding carboxylic acids is 1. The van der Waals surface area contributed by atoms with E-state index in [1.807, 2.05) is 45.0 Å². The van der Waals surface area contributed by atoms with E-state index in [1.54, 1.807) is 0 Å². The first-order valence-electron chi connectivity index (χ1n) is 7.85. The summed E-state index contributed by atoms with van der Waals surface area (Å²) >= 11 is 0. The Balaban J connectivity index is 2.88. The molecule has 0 bridgehead atoms. The highest BCUT2D eigenvalue weighted by atomic mass is 32.2. The van der Waals surface area contributed by atoms with Crippen molar-refractivity contribution in [3.05, 3.63) is 35.4 Å². The predicted octanol–water partition coefficient (Wildman–Crippen LogP) is 3.20. The molecule has 1 aromatic rings. The Bertz CT molecular complexity index is 647. The maximum absolute atomic E-state index is 12.4. The van der Waals surface area contributed by atoms with Crippen LogP contribution in [-0.2, 0) is 25.8 Å². The van der Waals surface area contributed by atoms with Gasteiger partial charge in [-0.2, -0.15) is 0 Å². The minimum Gasteiger partial charge on any atom is -0.350 e. The number of hydrogen-bond acceptors (Lipinski definition) is 3. The summed E-state index contributed by atoms with van der Waals surface area (Å²) in [6.07, 6.45) is 0. The van der Waals surface area contributed by atoms with Crippen molar-refractivity contribution in [3.63, 3.8) is 0 Å². The normalized spacial score (nSPS) is 14.4. The molecule has 0 spiro atoms. The van der Waals surface area contributed by atoms with Crippen molar-refractivity contribution in [1.29, 1.82) is 0 Å². The zero-order chi connectivity index (χ0) is 18.1. The number of carbonyl (C=O) groups is 1. The Morgan fingerprint density at radius 3 is 1.91 bits per heavy atom. The van der Waals surface area contributed by atoms with Gasteiger partial charge in [-0.25, -0.2) is 8.42 Å². The van der Waals surface area contributed by atoms with Crippen LogP contribution in [0, 0.1) is 0 Å². The van der Waals surface area contributed by atoms with Crippen LogP contribution in [0.5, 0.6) is 0 Å². The molecule has 4 nitrogen and oxygen atoms in total. The number of hydrogen-bond donors (Lipinski definition) is 1. The van der Waals surface area contributed by atoms with Gasteiger partial charge in [0.05, 0.1) is 5.75 Å². The number of sulfone groups is 1. The minimum atomic E-state index is -3.55. The molecular formula is C18H29NO3S. The molecular weight excluding hydrogens is 310 g/mol. The summed E-state index contributed by atoms with van der Waals surface area (Å²) in [5.41, 5.74) is 1.43. The van der Waals surface area contributed by atoms with Gasteiger partial charge in [-0.05, 0) is 44.2 Å². The molecule has 1 unspecified atom stereocenters. The highest BCUT2D eigenvalue weighted by molar-refractivity contribution is 7.92. The van der Waals surface area contributed by atoms with Gasteiger partial charge in [-0.15, -0.1) is 0 Å². The van der Waals surface area contributed by atoms with Crippen molar-refractivity contribution < 1.29 is 13.2 Å². The summed E-state index contributed by atoms with van der Waals surface area (Å²) in [6, 6.07) is 7.55. The van der Waals surface area contributed by atoms with Crippen LogP contribution in [-0.4, -0.2) is 25.1 Å². The fourth-order valence-electron chi connectivity index (χ4n) is 2.09. The zero-order valence-electron chi connectivity index (χ0n) is 15.2. The third kappa shape index (κ3) is 5.98. The number of nitrogens with one attached hydrogen (secondary N) is 1. The van der Waals surface area contributed by atoms with E-state index in [9.17, 15) is 13.2 Å². The van der Waals surface area contributed by atoms with Crippen LogP contribution in [0.1, 0.15) is 59.6 Å². The topological polar surface area (TPSA) is 63.2 Å². The lowest BCUT2D eigenvalue weighted by atomic mass is 9.87. The fourth-order valence-corrected chi connectivity index (χ4v) is 3.38. The number of amides is 1. The second kappa shape index (κ2) is 6.63. The lowest BCUT2D eigenvalue weighted by Gasteiger charge is -2.23. The maximum Gasteiger partial charge on any atom is 0.238 e. The van der Waals surface area contributed by atoms with Gasteiger partial charge >= 0.3 is 0 Å². The summed E-state index contributed by atoms with van der Waals surface area (Å²) < 4.78 is 24.9. The molecule has 0 radical (unpaired) electrons. The molecule has 0 saturated heterocycles. The van der Waals surface area contributed by atoms with Crippen LogP contribution >= 0.6 is 0 Å². The van der Waals surface area contributed by atoms with E-state index in [4.69, 9.17) is 0 Å². The molecule has 1 rings (SSSR count). The molecule has 1 amide bonds. The predicted molar refractivity (Wildman–Crippen MR) is 95.1 cm³/mol. The Morgan fingerprint density at radius 1 is 1.04 bits per heavy atom. The molecule has 1 aromatic carbocycles. The first-order valence-corrected chi connectivity index (χ1v) is 9.57. The second-order valence-electron chi connectivity index (χ2n) is 8.14. The largest absolute Gasteiger partial charge is 0.350 e. The number of rotatable bonds is 4. The summed E-state index contributed by atoms with van der Waals surface area (Å²) in [5.74, 6) is -0.584. The van der Waals surface area contributed by atoms with Gasteiger partial charge in [0.25, 0.3) is 0 Å². The molecule has 5 heteroatoms. The van der Waals surface area contributed by atoms with Crippen molar-refractivity contribution in [2.75, 3.05) is 0 Å². The molecule has 23 heavy (non-hydrogen) atoms. The van der Waals surface area contributed by atoms with Crippen molar-refractivity contribution in [3.8, 4) is 0 Å². The quantitative estimate of drug-likeness (QED) is 0.916. The molecule has 1 N–H and O–H groups in total. The highest BCUT2D eigenvalue weighted by Gasteiger charge is 2.30. The lowest BCUT2D eigenvalue weighted by molar-refractivity contribution is -0.121. The van der Waals surface area contributed by atoms with E-state index in [2.05, 4.69) is 26.1 Å². The SMILES string of the molecule is CC(C(=O)NC(C)(C)C)S(=O)(=O)Cc1ccc(C(C)(C)C)cc1. The van der Waals surface area contributed by atoms with Crippen LogP contribution in [0.4, 0.5) is 0 Å². The van der Waals surface area contributed by atoms with Gasteiger partial charge in [0.15, 0.2) is 9.84 Å². The first-order chi connectivity index (χ1) is 10.2. The Labute approximate surface area is 140 Å². The highest BCUT2D eigenvalue weighted by Crippen LogP contribution is 2.23. The van der Waals surface area contributed by atoms with Crippen molar-refractivity contribution >= 4 is 15.7 Å². The molecule has 0 aliphatic carbocycles. The van der Waals surface area contributed by atoms with Gasteiger partial charge in [0.1, 0.15) is 5.25 Å².